The number of rotatable bonds is 13. The van der Waals surface area contributed by atoms with E-state index in [2.05, 4.69) is 27.7 Å². The summed E-state index contributed by atoms with van der Waals surface area (Å²) in [6.45, 7) is 13.9. The minimum Gasteiger partial charge on any atom is -0.416 e. The van der Waals surface area contributed by atoms with E-state index in [0.29, 0.717) is 17.4 Å². The minimum atomic E-state index is -3.64. The molecule has 3 saturated heterocycles. The highest BCUT2D eigenvalue weighted by atomic mass is 31.4. The van der Waals surface area contributed by atoms with Crippen LogP contribution in [0.3, 0.4) is 0 Å². The van der Waals surface area contributed by atoms with Gasteiger partial charge >= 0.3 is 60.3 Å². The fourth-order valence-electron chi connectivity index (χ4n) is 3.67. The Labute approximate surface area is 261 Å². The highest BCUT2D eigenvalue weighted by molar-refractivity contribution is 7.87. The van der Waals surface area contributed by atoms with Gasteiger partial charge < -0.3 is 49.4 Å². The molecular formula is C10H37O12P7Si10. The molecule has 11 unspecified atom stereocenters. The van der Waals surface area contributed by atoms with Crippen molar-refractivity contribution in [3.63, 3.8) is 0 Å². The molecule has 3 heterocycles. The molecule has 4 bridgehead atoms. The van der Waals surface area contributed by atoms with Gasteiger partial charge in [-0.05, 0) is 46.3 Å². The molecule has 0 aliphatic carbocycles. The van der Waals surface area contributed by atoms with E-state index >= 15 is 0 Å². The number of hydrogen-bond acceptors (Lipinski definition) is 12. The molecule has 29 heteroatoms. The standard InChI is InChI=1S/C10H37O12P7Si10/c1-26-36(13-32-7)19-37(27-2)16-33(8-23,11-30-5)14-35(10-25)15-34(9-24,12-31-6)17-38(20-36,28-3)22-39(18-35,21-37)29-4/h26-29H,8-10,23-25H2,1-7H3. The first kappa shape index (κ1) is 38.1. The first-order chi connectivity index (χ1) is 18.5. The van der Waals surface area contributed by atoms with Crippen molar-refractivity contribution in [2.75, 3.05) is 44.0 Å². The van der Waals surface area contributed by atoms with Gasteiger partial charge in [-0.3, -0.25) is 0 Å². The normalized spacial score (nSPS) is 46.0. The maximum Gasteiger partial charge on any atom is 0.501 e. The van der Waals surface area contributed by atoms with Crippen molar-refractivity contribution in [2.45, 2.75) is 19.6 Å². The highest BCUT2D eigenvalue weighted by Crippen LogP contribution is 2.54. The van der Waals surface area contributed by atoms with E-state index in [1.807, 2.05) is 46.3 Å². The fourth-order valence-corrected chi connectivity index (χ4v) is 77.1. The van der Waals surface area contributed by atoms with Gasteiger partial charge in [0.05, 0.1) is 0 Å². The van der Waals surface area contributed by atoms with Crippen LogP contribution in [0.25, 0.3) is 0 Å². The Morgan fingerprint density at radius 3 is 1.23 bits per heavy atom. The summed E-state index contributed by atoms with van der Waals surface area (Å²) in [5.74, 6) is 1.16. The van der Waals surface area contributed by atoms with E-state index in [1.165, 1.54) is 0 Å². The molecule has 6 radical (unpaired) electrons. The summed E-state index contributed by atoms with van der Waals surface area (Å²) >= 11 is 0. The molecule has 224 valence electrons. The fraction of sp³-hybridized carbons (Fsp3) is 1.00. The SMILES string of the molecule is C[Si]O[Si]1(CP)O[Si]2(CP)O[Si](CP)(O[Si]C)O[Si]3(PC)O[Si](O[Si]C)(PC)O[Si](PC)(O1)O[Si](PC)(O2)O3. The van der Waals surface area contributed by atoms with Crippen molar-refractivity contribution in [3.05, 3.63) is 0 Å². The van der Waals surface area contributed by atoms with Crippen LogP contribution in [0.2, 0.25) is 19.6 Å². The minimum absolute atomic E-state index is 0.103. The zero-order chi connectivity index (χ0) is 29.1. The molecule has 39 heavy (non-hydrogen) atoms. The van der Waals surface area contributed by atoms with Crippen LogP contribution in [0.5, 0.6) is 0 Å². The van der Waals surface area contributed by atoms with Crippen LogP contribution in [-0.2, 0) is 49.4 Å². The van der Waals surface area contributed by atoms with Crippen LogP contribution in [0.15, 0.2) is 0 Å². The number of hydrogen-bond donors (Lipinski definition) is 0. The third kappa shape index (κ3) is 8.41. The van der Waals surface area contributed by atoms with E-state index in [1.54, 1.807) is 0 Å². The lowest BCUT2D eigenvalue weighted by atomic mass is 11.9. The molecule has 0 amide bonds. The molecule has 0 aromatic carbocycles. The average molecular weight is 847 g/mol. The van der Waals surface area contributed by atoms with Crippen molar-refractivity contribution < 1.29 is 49.4 Å². The molecule has 3 rings (SSSR count). The third-order valence-electron chi connectivity index (χ3n) is 5.29. The monoisotopic (exact) mass is 846 g/mol. The molecule has 3 aliphatic heterocycles. The van der Waals surface area contributed by atoms with Gasteiger partial charge in [0.15, 0.2) is 0 Å². The Morgan fingerprint density at radius 1 is 0.513 bits per heavy atom. The zero-order valence-electron chi connectivity index (χ0n) is 22.8. The molecule has 3 aliphatic rings. The van der Waals surface area contributed by atoms with Crippen LogP contribution in [-0.4, -0.2) is 134 Å². The van der Waals surface area contributed by atoms with Crippen molar-refractivity contribution in [1.82, 2.24) is 0 Å². The van der Waals surface area contributed by atoms with Gasteiger partial charge in [0.25, 0.3) is 0 Å². The van der Waals surface area contributed by atoms with Gasteiger partial charge in [-0.2, -0.15) is 0 Å². The third-order valence-corrected chi connectivity index (χ3v) is 58.7. The van der Waals surface area contributed by atoms with Crippen LogP contribution >= 0.6 is 60.2 Å². The van der Waals surface area contributed by atoms with Gasteiger partial charge in [-0.15, -0.1) is 27.7 Å². The quantitative estimate of drug-likeness (QED) is 0.197. The lowest BCUT2D eigenvalue weighted by Gasteiger charge is -2.57. The van der Waals surface area contributed by atoms with E-state index in [9.17, 15) is 0 Å². The van der Waals surface area contributed by atoms with Crippen LogP contribution in [0.1, 0.15) is 0 Å². The molecule has 0 aromatic rings. The maximum atomic E-state index is 7.10. The second-order valence-electron chi connectivity index (χ2n) is 7.72. The van der Waals surface area contributed by atoms with E-state index in [-0.39, 0.29) is 61.8 Å². The van der Waals surface area contributed by atoms with Crippen molar-refractivity contribution in [1.29, 1.82) is 0 Å². The lowest BCUT2D eigenvalue weighted by Crippen LogP contribution is -2.81. The highest BCUT2D eigenvalue weighted by Gasteiger charge is 2.76. The van der Waals surface area contributed by atoms with E-state index in [4.69, 9.17) is 49.4 Å². The lowest BCUT2D eigenvalue weighted by molar-refractivity contribution is 0.0455. The van der Waals surface area contributed by atoms with Gasteiger partial charge in [0.1, 0.15) is 0 Å². The van der Waals surface area contributed by atoms with Crippen molar-refractivity contribution >= 4 is 150 Å². The summed E-state index contributed by atoms with van der Waals surface area (Å²) < 4.78 is 82.7. The smallest absolute Gasteiger partial charge is 0.416 e. The first-order valence-electron chi connectivity index (χ1n) is 11.7. The molecule has 0 saturated carbocycles. The Hall–Kier alpha value is 4.70. The molecule has 12 nitrogen and oxygen atoms in total. The molecule has 3 fully saturated rings. The predicted octanol–water partition coefficient (Wildman–Crippen LogP) is 1.26. The average Bonchev–Trinajstić information content (AvgIpc) is 2.90. The van der Waals surface area contributed by atoms with E-state index in [0.717, 1.165) is 0 Å². The van der Waals surface area contributed by atoms with Crippen molar-refractivity contribution in [2.24, 2.45) is 0 Å². The van der Waals surface area contributed by atoms with Crippen molar-refractivity contribution in [3.8, 4) is 0 Å². The summed E-state index contributed by atoms with van der Waals surface area (Å²) in [5, 5.41) is 0. The summed E-state index contributed by atoms with van der Waals surface area (Å²) in [4.78, 5) is 0. The van der Waals surface area contributed by atoms with E-state index < -0.39 is 60.3 Å². The van der Waals surface area contributed by atoms with Crippen LogP contribution in [0.4, 0.5) is 0 Å². The van der Waals surface area contributed by atoms with Gasteiger partial charge in [-0.1, -0.05) is 32.5 Å². The van der Waals surface area contributed by atoms with Crippen LogP contribution in [0, 0.1) is 0 Å². The molecule has 0 N–H and O–H groups in total. The van der Waals surface area contributed by atoms with Gasteiger partial charge in [-0.25, -0.2) is 0 Å². The summed E-state index contributed by atoms with van der Waals surface area (Å²) in [6, 6.07) is 0. The second kappa shape index (κ2) is 15.7. The maximum absolute atomic E-state index is 7.10. The summed E-state index contributed by atoms with van der Waals surface area (Å²) in [7, 11) is -15.7. The molecule has 0 spiro atoms. The van der Waals surface area contributed by atoms with Gasteiger partial charge in [0, 0.05) is 17.4 Å². The Morgan fingerprint density at radius 2 is 0.923 bits per heavy atom. The van der Waals surface area contributed by atoms with Crippen LogP contribution < -0.4 is 0 Å². The zero-order valence-corrected chi connectivity index (χ0v) is 40.2. The number of fused-ring (bicyclic) bond motifs is 3. The first-order valence-corrected chi connectivity index (χ1v) is 41.1. The predicted molar refractivity (Wildman–Crippen MR) is 189 cm³/mol. The Balaban J connectivity index is 2.40. The largest absolute Gasteiger partial charge is 0.501 e. The molecular weight excluding hydrogens is 810 g/mol. The second-order valence-corrected chi connectivity index (χ2v) is 47.5. The summed E-state index contributed by atoms with van der Waals surface area (Å²) in [6.07, 6.45) is 0. The molecule has 11 atom stereocenters. The Bertz CT molecular complexity index is 715. The Kier molecular flexibility index (Phi) is 15.4. The topological polar surface area (TPSA) is 111 Å². The summed E-state index contributed by atoms with van der Waals surface area (Å²) in [5.41, 5.74) is 0. The molecule has 0 aromatic heterocycles. The van der Waals surface area contributed by atoms with Gasteiger partial charge in [0.2, 0.25) is 29.3 Å².